The zero-order valence-corrected chi connectivity index (χ0v) is 10.00. The van der Waals surface area contributed by atoms with Crippen LogP contribution in [-0.2, 0) is 4.79 Å². The molecule has 1 fully saturated rings. The second-order valence-electron chi connectivity index (χ2n) is 3.65. The fourth-order valence-corrected chi connectivity index (χ4v) is 2.50. The van der Waals surface area contributed by atoms with Crippen molar-refractivity contribution in [1.29, 1.82) is 0 Å². The third kappa shape index (κ3) is 2.59. The first-order valence-corrected chi connectivity index (χ1v) is 6.30. The lowest BCUT2D eigenvalue weighted by Crippen LogP contribution is -2.37. The first-order valence-electron chi connectivity index (χ1n) is 5.14. The quantitative estimate of drug-likeness (QED) is 0.640. The van der Waals surface area contributed by atoms with E-state index >= 15 is 0 Å². The van der Waals surface area contributed by atoms with E-state index in [-0.39, 0.29) is 5.69 Å². The molecule has 0 radical (unpaired) electrons. The van der Waals surface area contributed by atoms with Crippen molar-refractivity contribution in [3.63, 3.8) is 0 Å². The van der Waals surface area contributed by atoms with Gasteiger partial charge in [0.15, 0.2) is 11.5 Å². The van der Waals surface area contributed by atoms with Crippen LogP contribution in [0.15, 0.2) is 18.2 Å². The summed E-state index contributed by atoms with van der Waals surface area (Å²) >= 11 is 1.54. The topological polar surface area (TPSA) is 84.3 Å². The lowest BCUT2D eigenvalue weighted by atomic mass is 10.2. The van der Waals surface area contributed by atoms with Crippen LogP contribution < -0.4 is 10.6 Å². The molecule has 0 bridgehead atoms. The predicted molar refractivity (Wildman–Crippen MR) is 65.9 cm³/mol. The Kier molecular flexibility index (Phi) is 3.78. The number of halogens is 1. The maximum atomic E-state index is 13.5. The van der Waals surface area contributed by atoms with Crippen molar-refractivity contribution in [1.82, 2.24) is 5.32 Å². The van der Waals surface area contributed by atoms with Gasteiger partial charge in [0, 0.05) is 17.7 Å². The molecule has 1 aliphatic heterocycles. The third-order valence-corrected chi connectivity index (χ3v) is 3.41. The van der Waals surface area contributed by atoms with E-state index in [1.165, 1.54) is 17.8 Å². The molecule has 1 atom stereocenters. The Labute approximate surface area is 106 Å². The second-order valence-corrected chi connectivity index (χ2v) is 4.68. The normalized spacial score (nSPS) is 18.6. The number of para-hydroxylation sites is 1. The highest BCUT2D eigenvalue weighted by Gasteiger charge is 2.26. The van der Waals surface area contributed by atoms with E-state index in [0.717, 1.165) is 12.1 Å². The summed E-state index contributed by atoms with van der Waals surface area (Å²) in [5, 5.41) is 15.9. The number of benzene rings is 1. The summed E-state index contributed by atoms with van der Waals surface area (Å²) in [6.45, 7) is 0. The van der Waals surface area contributed by atoms with Crippen molar-refractivity contribution in [2.75, 3.05) is 16.9 Å². The largest absolute Gasteiger partial charge is 0.317 e. The van der Waals surface area contributed by atoms with Crippen LogP contribution in [0, 0.1) is 15.9 Å². The monoisotopic (exact) mass is 271 g/mol. The molecule has 2 N–H and O–H groups in total. The van der Waals surface area contributed by atoms with E-state index < -0.39 is 28.4 Å². The van der Waals surface area contributed by atoms with Crippen LogP contribution in [0.4, 0.5) is 15.8 Å². The number of rotatable bonds is 3. The first-order chi connectivity index (χ1) is 8.59. The van der Waals surface area contributed by atoms with Crippen LogP contribution >= 0.6 is 11.8 Å². The van der Waals surface area contributed by atoms with Gasteiger partial charge in [-0.05, 0) is 6.07 Å². The maximum Gasteiger partial charge on any atom is 0.295 e. The minimum atomic E-state index is -0.816. The van der Waals surface area contributed by atoms with Crippen molar-refractivity contribution in [3.8, 4) is 0 Å². The van der Waals surface area contributed by atoms with Gasteiger partial charge >= 0.3 is 0 Å². The first kappa shape index (κ1) is 12.8. The highest BCUT2D eigenvalue weighted by Crippen LogP contribution is 2.27. The molecule has 96 valence electrons. The van der Waals surface area contributed by atoms with E-state index in [2.05, 4.69) is 10.6 Å². The standard InChI is InChI=1S/C10H10FN3O3S/c11-6-2-1-3-8(14(16)17)9(6)13-10(15)7-4-18-5-12-7/h1-3,7,12H,4-5H2,(H,13,15). The number of carbonyl (C=O) groups is 1. The van der Waals surface area contributed by atoms with Crippen molar-refractivity contribution < 1.29 is 14.1 Å². The fraction of sp³-hybridized carbons (Fsp3) is 0.300. The van der Waals surface area contributed by atoms with Gasteiger partial charge in [0.05, 0.1) is 11.0 Å². The molecule has 18 heavy (non-hydrogen) atoms. The van der Waals surface area contributed by atoms with Gasteiger partial charge in [0.25, 0.3) is 5.69 Å². The molecular weight excluding hydrogens is 261 g/mol. The lowest BCUT2D eigenvalue weighted by Gasteiger charge is -2.11. The molecule has 0 saturated carbocycles. The Morgan fingerprint density at radius 1 is 1.61 bits per heavy atom. The van der Waals surface area contributed by atoms with Gasteiger partial charge in [0.1, 0.15) is 0 Å². The van der Waals surface area contributed by atoms with Crippen LogP contribution in [0.2, 0.25) is 0 Å². The van der Waals surface area contributed by atoms with Crippen molar-refractivity contribution >= 4 is 29.0 Å². The SMILES string of the molecule is O=C(Nc1c(F)cccc1[N+](=O)[O-])C1CSCN1. The van der Waals surface area contributed by atoms with Crippen LogP contribution in [0.25, 0.3) is 0 Å². The lowest BCUT2D eigenvalue weighted by molar-refractivity contribution is -0.384. The highest BCUT2D eigenvalue weighted by molar-refractivity contribution is 7.99. The van der Waals surface area contributed by atoms with E-state index in [4.69, 9.17) is 0 Å². The smallest absolute Gasteiger partial charge is 0.295 e. The highest BCUT2D eigenvalue weighted by atomic mass is 32.2. The van der Waals surface area contributed by atoms with E-state index in [0.29, 0.717) is 11.6 Å². The number of amides is 1. The van der Waals surface area contributed by atoms with Crippen molar-refractivity contribution in [2.45, 2.75) is 6.04 Å². The van der Waals surface area contributed by atoms with Gasteiger partial charge in [-0.3, -0.25) is 20.2 Å². The number of thioether (sulfide) groups is 1. The summed E-state index contributed by atoms with van der Waals surface area (Å²) in [7, 11) is 0. The molecule has 0 aliphatic carbocycles. The van der Waals surface area contributed by atoms with Crippen molar-refractivity contribution in [3.05, 3.63) is 34.1 Å². The molecule has 6 nitrogen and oxygen atoms in total. The van der Waals surface area contributed by atoms with Gasteiger partial charge in [-0.25, -0.2) is 4.39 Å². The maximum absolute atomic E-state index is 13.5. The number of hydrogen-bond acceptors (Lipinski definition) is 5. The number of nitro benzene ring substituents is 1. The molecule has 1 saturated heterocycles. The van der Waals surface area contributed by atoms with Crippen LogP contribution in [0.5, 0.6) is 0 Å². The van der Waals surface area contributed by atoms with Gasteiger partial charge < -0.3 is 5.32 Å². The molecule has 0 spiro atoms. The third-order valence-electron chi connectivity index (χ3n) is 2.47. The number of nitrogens with zero attached hydrogens (tertiary/aromatic N) is 1. The Morgan fingerprint density at radius 3 is 3.00 bits per heavy atom. The van der Waals surface area contributed by atoms with Crippen LogP contribution in [0.1, 0.15) is 0 Å². The summed E-state index contributed by atoms with van der Waals surface area (Å²) in [4.78, 5) is 21.8. The fourth-order valence-electron chi connectivity index (χ4n) is 1.56. The average Bonchev–Trinajstić information content (AvgIpc) is 2.85. The Morgan fingerprint density at radius 2 is 2.39 bits per heavy atom. The van der Waals surface area contributed by atoms with Crippen LogP contribution in [-0.4, -0.2) is 28.5 Å². The van der Waals surface area contributed by atoms with Gasteiger partial charge in [-0.1, -0.05) is 6.07 Å². The minimum Gasteiger partial charge on any atom is -0.317 e. The number of anilines is 1. The van der Waals surface area contributed by atoms with Gasteiger partial charge in [0.2, 0.25) is 5.91 Å². The molecule has 1 heterocycles. The second kappa shape index (κ2) is 5.32. The number of hydrogen-bond donors (Lipinski definition) is 2. The van der Waals surface area contributed by atoms with Crippen LogP contribution in [0.3, 0.4) is 0 Å². The summed E-state index contributed by atoms with van der Waals surface area (Å²) in [5.74, 6) is -0.0812. The van der Waals surface area contributed by atoms with E-state index in [9.17, 15) is 19.3 Å². The zero-order valence-electron chi connectivity index (χ0n) is 9.18. The number of nitro groups is 1. The molecular formula is C10H10FN3O3S. The Bertz CT molecular complexity index is 491. The molecule has 2 rings (SSSR count). The molecule has 1 aromatic carbocycles. The Balaban J connectivity index is 2.22. The number of carbonyl (C=O) groups excluding carboxylic acids is 1. The molecule has 1 aliphatic rings. The Hall–Kier alpha value is -1.67. The predicted octanol–water partition coefficient (Wildman–Crippen LogP) is 1.33. The minimum absolute atomic E-state index is 0.383. The van der Waals surface area contributed by atoms with Gasteiger partial charge in [-0.15, -0.1) is 11.8 Å². The molecule has 8 heteroatoms. The van der Waals surface area contributed by atoms with E-state index in [1.54, 1.807) is 0 Å². The summed E-state index contributed by atoms with van der Waals surface area (Å²) in [6, 6.07) is 3.00. The average molecular weight is 271 g/mol. The zero-order chi connectivity index (χ0) is 13.1. The van der Waals surface area contributed by atoms with E-state index in [1.807, 2.05) is 0 Å². The summed E-state index contributed by atoms with van der Waals surface area (Å²) in [6.07, 6.45) is 0. The molecule has 1 amide bonds. The summed E-state index contributed by atoms with van der Waals surface area (Å²) in [5.41, 5.74) is -0.833. The van der Waals surface area contributed by atoms with Gasteiger partial charge in [-0.2, -0.15) is 0 Å². The molecule has 1 unspecified atom stereocenters. The molecule has 1 aromatic rings. The summed E-state index contributed by atoms with van der Waals surface area (Å²) < 4.78 is 13.5. The number of nitrogens with one attached hydrogen (secondary N) is 2. The molecule has 0 aromatic heterocycles. The van der Waals surface area contributed by atoms with Crippen molar-refractivity contribution in [2.24, 2.45) is 0 Å².